The summed E-state index contributed by atoms with van der Waals surface area (Å²) in [7, 11) is -0.949. The van der Waals surface area contributed by atoms with Crippen LogP contribution in [0.1, 0.15) is 16.7 Å². The molecule has 184 valence electrons. The molecule has 35 heavy (non-hydrogen) atoms. The molecule has 0 spiro atoms. The summed E-state index contributed by atoms with van der Waals surface area (Å²) in [4.78, 5) is 27.6. The molecule has 3 aromatic rings. The van der Waals surface area contributed by atoms with Gasteiger partial charge in [-0.05, 0) is 54.8 Å². The van der Waals surface area contributed by atoms with Gasteiger partial charge in [-0.15, -0.1) is 0 Å². The number of rotatable bonds is 8. The van der Waals surface area contributed by atoms with Gasteiger partial charge in [0.25, 0.3) is 10.0 Å². The number of benzene rings is 3. The highest BCUT2D eigenvalue weighted by Gasteiger charge is 2.28. The van der Waals surface area contributed by atoms with Crippen LogP contribution in [-0.4, -0.2) is 40.6 Å². The largest absolute Gasteiger partial charge is 0.496 e. The third-order valence-corrected chi connectivity index (χ3v) is 7.08. The number of aryl methyl sites for hydroxylation is 2. The molecule has 0 heterocycles. The average molecular weight is 496 g/mol. The fourth-order valence-corrected chi connectivity index (χ4v) is 4.87. The Morgan fingerprint density at radius 3 is 2.23 bits per heavy atom. The molecule has 2 N–H and O–H groups in total. The monoisotopic (exact) mass is 495 g/mol. The number of amides is 3. The molecule has 0 aromatic heterocycles. The number of nitrogens with zero attached hydrogens (tertiary/aromatic N) is 1. The molecule has 0 aliphatic rings. The predicted molar refractivity (Wildman–Crippen MR) is 135 cm³/mol. The highest BCUT2D eigenvalue weighted by Crippen LogP contribution is 2.24. The zero-order chi connectivity index (χ0) is 25.6. The highest BCUT2D eigenvalue weighted by molar-refractivity contribution is 7.90. The Morgan fingerprint density at radius 2 is 1.60 bits per heavy atom. The van der Waals surface area contributed by atoms with Crippen molar-refractivity contribution in [2.45, 2.75) is 31.2 Å². The van der Waals surface area contributed by atoms with Crippen LogP contribution in [0.3, 0.4) is 0 Å². The van der Waals surface area contributed by atoms with Gasteiger partial charge in [-0.2, -0.15) is 0 Å². The standard InChI is InChI=1S/C26H29N3O5S/c1-18-10-8-9-13-24(18)35(32,33)28-26(31)27-22(17-20-11-6-5-7-12-20)25(30)29(3)21-14-15-23(34-4)19(2)16-21/h5-16,22H,17H2,1-4H3,(H2,27,28,31)/t22-/m0/s1. The van der Waals surface area contributed by atoms with E-state index in [0.717, 1.165) is 11.1 Å². The number of urea groups is 1. The molecule has 0 radical (unpaired) electrons. The number of hydrogen-bond acceptors (Lipinski definition) is 5. The van der Waals surface area contributed by atoms with Crippen LogP contribution in [0, 0.1) is 13.8 Å². The molecule has 0 bridgehead atoms. The first kappa shape index (κ1) is 25.8. The third-order valence-electron chi connectivity index (χ3n) is 5.59. The van der Waals surface area contributed by atoms with Gasteiger partial charge >= 0.3 is 6.03 Å². The van der Waals surface area contributed by atoms with Crippen molar-refractivity contribution in [1.29, 1.82) is 0 Å². The molecule has 3 amide bonds. The number of sulfonamides is 1. The molecule has 0 aliphatic carbocycles. The molecular formula is C26H29N3O5S. The van der Waals surface area contributed by atoms with Gasteiger partial charge in [0.05, 0.1) is 12.0 Å². The predicted octanol–water partition coefficient (Wildman–Crippen LogP) is 3.57. The first-order valence-corrected chi connectivity index (χ1v) is 12.5. The van der Waals surface area contributed by atoms with Gasteiger partial charge in [0, 0.05) is 19.2 Å². The lowest BCUT2D eigenvalue weighted by molar-refractivity contribution is -0.120. The summed E-state index contributed by atoms with van der Waals surface area (Å²) in [6.07, 6.45) is 0.178. The van der Waals surface area contributed by atoms with Crippen LogP contribution in [0.25, 0.3) is 0 Å². The fraction of sp³-hybridized carbons (Fsp3) is 0.231. The van der Waals surface area contributed by atoms with E-state index in [2.05, 4.69) is 5.32 Å². The van der Waals surface area contributed by atoms with Crippen molar-refractivity contribution in [3.63, 3.8) is 0 Å². The van der Waals surface area contributed by atoms with Gasteiger partial charge in [0.15, 0.2) is 0 Å². The van der Waals surface area contributed by atoms with E-state index < -0.39 is 28.0 Å². The minimum absolute atomic E-state index is 0.00749. The average Bonchev–Trinajstić information content (AvgIpc) is 2.83. The van der Waals surface area contributed by atoms with Crippen molar-refractivity contribution in [2.24, 2.45) is 0 Å². The van der Waals surface area contributed by atoms with Crippen molar-refractivity contribution >= 4 is 27.6 Å². The van der Waals surface area contributed by atoms with Crippen LogP contribution < -0.4 is 19.7 Å². The first-order chi connectivity index (χ1) is 16.6. The minimum Gasteiger partial charge on any atom is -0.496 e. The number of ether oxygens (including phenoxy) is 1. The topological polar surface area (TPSA) is 105 Å². The second-order valence-corrected chi connectivity index (χ2v) is 9.79. The minimum atomic E-state index is -4.12. The second-order valence-electron chi connectivity index (χ2n) is 8.14. The normalized spacial score (nSPS) is 11.9. The first-order valence-electron chi connectivity index (χ1n) is 11.0. The van der Waals surface area contributed by atoms with Crippen LogP contribution in [-0.2, 0) is 21.2 Å². The van der Waals surface area contributed by atoms with Crippen molar-refractivity contribution in [1.82, 2.24) is 10.0 Å². The number of nitrogens with one attached hydrogen (secondary N) is 2. The number of likely N-dealkylation sites (N-methyl/N-ethyl adjacent to an activating group) is 1. The molecular weight excluding hydrogens is 466 g/mol. The Bertz CT molecular complexity index is 1310. The van der Waals surface area contributed by atoms with E-state index in [9.17, 15) is 18.0 Å². The van der Waals surface area contributed by atoms with Crippen molar-refractivity contribution < 1.29 is 22.7 Å². The number of methoxy groups -OCH3 is 1. The van der Waals surface area contributed by atoms with Crippen molar-refractivity contribution in [2.75, 3.05) is 19.1 Å². The molecule has 0 aliphatic heterocycles. The number of carbonyl (C=O) groups excluding carboxylic acids is 2. The quantitative estimate of drug-likeness (QED) is 0.497. The van der Waals surface area contributed by atoms with Gasteiger partial charge in [-0.25, -0.2) is 17.9 Å². The Kier molecular flexibility index (Phi) is 8.14. The highest BCUT2D eigenvalue weighted by atomic mass is 32.2. The summed E-state index contributed by atoms with van der Waals surface area (Å²) in [6.45, 7) is 3.50. The lowest BCUT2D eigenvalue weighted by atomic mass is 10.0. The Hall–Kier alpha value is -3.85. The number of anilines is 1. The van der Waals surface area contributed by atoms with Crippen LogP contribution >= 0.6 is 0 Å². The van der Waals surface area contributed by atoms with Gasteiger partial charge in [-0.3, -0.25) is 4.79 Å². The van der Waals surface area contributed by atoms with Crippen molar-refractivity contribution in [3.05, 3.63) is 89.5 Å². The SMILES string of the molecule is COc1ccc(N(C)C(=O)[C@H](Cc2ccccc2)NC(=O)NS(=O)(=O)c2ccccc2C)cc1C. The smallest absolute Gasteiger partial charge is 0.329 e. The van der Waals surface area contributed by atoms with Crippen LogP contribution in [0.2, 0.25) is 0 Å². The summed E-state index contributed by atoms with van der Waals surface area (Å²) >= 11 is 0. The molecule has 3 rings (SSSR count). The van der Waals surface area contributed by atoms with E-state index >= 15 is 0 Å². The van der Waals surface area contributed by atoms with Gasteiger partial charge < -0.3 is 15.0 Å². The fourth-order valence-electron chi connectivity index (χ4n) is 3.70. The Labute approximate surface area is 206 Å². The van der Waals surface area contributed by atoms with Crippen molar-refractivity contribution in [3.8, 4) is 5.75 Å². The molecule has 3 aromatic carbocycles. The lowest BCUT2D eigenvalue weighted by Crippen LogP contribution is -2.52. The molecule has 0 saturated carbocycles. The maximum Gasteiger partial charge on any atom is 0.329 e. The maximum atomic E-state index is 13.4. The molecule has 1 atom stereocenters. The number of carbonyl (C=O) groups is 2. The zero-order valence-corrected chi connectivity index (χ0v) is 20.9. The maximum absolute atomic E-state index is 13.4. The second kappa shape index (κ2) is 11.1. The summed E-state index contributed by atoms with van der Waals surface area (Å²) in [5, 5.41) is 2.55. The van der Waals surface area contributed by atoms with E-state index in [1.54, 1.807) is 57.5 Å². The van der Waals surface area contributed by atoms with Gasteiger partial charge in [0.1, 0.15) is 11.8 Å². The van der Waals surface area contributed by atoms with Gasteiger partial charge in [0.2, 0.25) is 5.91 Å². The summed E-state index contributed by atoms with van der Waals surface area (Å²) in [5.74, 6) is 0.288. The van der Waals surface area contributed by atoms with E-state index in [1.807, 2.05) is 42.0 Å². The third kappa shape index (κ3) is 6.39. The lowest BCUT2D eigenvalue weighted by Gasteiger charge is -2.25. The number of hydrogen-bond donors (Lipinski definition) is 2. The van der Waals surface area contributed by atoms with Crippen LogP contribution in [0.4, 0.5) is 10.5 Å². The van der Waals surface area contributed by atoms with Gasteiger partial charge in [-0.1, -0.05) is 48.5 Å². The van der Waals surface area contributed by atoms with E-state index in [1.165, 1.54) is 11.0 Å². The summed E-state index contributed by atoms with van der Waals surface area (Å²) in [5.41, 5.74) is 2.77. The molecule has 0 saturated heterocycles. The van der Waals surface area contributed by atoms with E-state index in [-0.39, 0.29) is 11.3 Å². The summed E-state index contributed by atoms with van der Waals surface area (Å²) in [6, 6.07) is 18.8. The molecule has 0 unspecified atom stereocenters. The Balaban J connectivity index is 1.84. The van der Waals surface area contributed by atoms with E-state index in [0.29, 0.717) is 17.0 Å². The Morgan fingerprint density at radius 1 is 0.943 bits per heavy atom. The molecule has 0 fully saturated rings. The zero-order valence-electron chi connectivity index (χ0n) is 20.1. The summed E-state index contributed by atoms with van der Waals surface area (Å²) < 4.78 is 32.8. The van der Waals surface area contributed by atoms with E-state index in [4.69, 9.17) is 4.74 Å². The molecule has 9 heteroatoms. The van der Waals surface area contributed by atoms with Crippen LogP contribution in [0.5, 0.6) is 5.75 Å². The molecule has 8 nitrogen and oxygen atoms in total. The van der Waals surface area contributed by atoms with Crippen LogP contribution in [0.15, 0.2) is 77.7 Å².